The fraction of sp³-hybridized carbons (Fsp3) is 1.00. The van der Waals surface area contributed by atoms with E-state index in [9.17, 15) is 0 Å². The summed E-state index contributed by atoms with van der Waals surface area (Å²) in [7, 11) is 3.96. The molecule has 0 bridgehead atoms. The molecule has 1 aliphatic heterocycles. The second-order valence-corrected chi connectivity index (χ2v) is 2.51. The van der Waals surface area contributed by atoms with E-state index in [1.165, 1.54) is 0 Å². The molecule has 0 spiro atoms. The van der Waals surface area contributed by atoms with E-state index < -0.39 is 0 Å². The molecule has 1 heterocycles. The maximum absolute atomic E-state index is 5.22. The van der Waals surface area contributed by atoms with Gasteiger partial charge in [-0.3, -0.25) is 4.84 Å². The fourth-order valence-electron chi connectivity index (χ4n) is 0.911. The van der Waals surface area contributed by atoms with E-state index in [1.807, 2.05) is 14.1 Å². The number of hydroxylamine groups is 1. The van der Waals surface area contributed by atoms with Gasteiger partial charge >= 0.3 is 0 Å². The number of hydrogen-bond acceptors (Lipinski definition) is 3. The minimum absolute atomic E-state index is 0.615. The first-order valence-electron chi connectivity index (χ1n) is 3.31. The summed E-state index contributed by atoms with van der Waals surface area (Å²) in [6.45, 7) is 3.04. The summed E-state index contributed by atoms with van der Waals surface area (Å²) in [5, 5.41) is 3.87. The number of hydrazine groups is 1. The van der Waals surface area contributed by atoms with Crippen molar-refractivity contribution in [2.75, 3.05) is 20.7 Å². The molecule has 0 saturated carbocycles. The van der Waals surface area contributed by atoms with Crippen LogP contribution >= 0.6 is 0 Å². The monoisotopic (exact) mass is 130 g/mol. The second kappa shape index (κ2) is 2.64. The van der Waals surface area contributed by atoms with E-state index in [4.69, 9.17) is 4.84 Å². The molecule has 54 valence electrons. The van der Waals surface area contributed by atoms with Gasteiger partial charge in [-0.15, -0.1) is 5.17 Å². The Morgan fingerprint density at radius 1 is 1.44 bits per heavy atom. The summed E-state index contributed by atoms with van der Waals surface area (Å²) in [6, 6.07) is 0.615. The van der Waals surface area contributed by atoms with Gasteiger partial charge in [-0.25, -0.2) is 5.01 Å². The Balaban J connectivity index is 2.41. The fourth-order valence-corrected chi connectivity index (χ4v) is 0.911. The average molecular weight is 130 g/mol. The maximum atomic E-state index is 5.22. The molecule has 9 heavy (non-hydrogen) atoms. The lowest BCUT2D eigenvalue weighted by Crippen LogP contribution is -2.47. The Kier molecular flexibility index (Phi) is 2.05. The minimum Gasteiger partial charge on any atom is -0.284 e. The van der Waals surface area contributed by atoms with E-state index >= 15 is 0 Å². The Morgan fingerprint density at radius 3 is 2.56 bits per heavy atom. The first-order chi connectivity index (χ1) is 4.22. The molecule has 0 aromatic rings. The van der Waals surface area contributed by atoms with Crippen LogP contribution < -0.4 is 0 Å². The lowest BCUT2D eigenvalue weighted by Gasteiger charge is -2.36. The van der Waals surface area contributed by atoms with E-state index in [2.05, 4.69) is 11.9 Å². The van der Waals surface area contributed by atoms with Gasteiger partial charge in [0.05, 0.1) is 6.61 Å². The van der Waals surface area contributed by atoms with E-state index in [-0.39, 0.29) is 0 Å². The van der Waals surface area contributed by atoms with Gasteiger partial charge in [0.2, 0.25) is 0 Å². The van der Waals surface area contributed by atoms with Crippen molar-refractivity contribution in [3.8, 4) is 0 Å². The van der Waals surface area contributed by atoms with Crippen LogP contribution in [0, 0.1) is 0 Å². The predicted octanol–water partition coefficient (Wildman–Crippen LogP) is 0.489. The van der Waals surface area contributed by atoms with E-state index in [1.54, 1.807) is 5.17 Å². The zero-order valence-corrected chi connectivity index (χ0v) is 6.29. The normalized spacial score (nSPS) is 33.0. The molecule has 0 radical (unpaired) electrons. The van der Waals surface area contributed by atoms with Gasteiger partial charge in [0.1, 0.15) is 0 Å². The van der Waals surface area contributed by atoms with Gasteiger partial charge in [-0.05, 0) is 13.3 Å². The van der Waals surface area contributed by atoms with Gasteiger partial charge in [0, 0.05) is 20.1 Å². The number of nitrogens with zero attached hydrogens (tertiary/aromatic N) is 2. The topological polar surface area (TPSA) is 15.7 Å². The molecule has 1 atom stereocenters. The van der Waals surface area contributed by atoms with Crippen LogP contribution in [0.2, 0.25) is 0 Å². The van der Waals surface area contributed by atoms with E-state index in [0.717, 1.165) is 13.0 Å². The summed E-state index contributed by atoms with van der Waals surface area (Å²) in [6.07, 6.45) is 1.13. The van der Waals surface area contributed by atoms with Gasteiger partial charge in [0.15, 0.2) is 0 Å². The Bertz CT molecular complexity index is 87.1. The molecular weight excluding hydrogens is 116 g/mol. The van der Waals surface area contributed by atoms with Gasteiger partial charge in [0.25, 0.3) is 0 Å². The van der Waals surface area contributed by atoms with Gasteiger partial charge in [-0.1, -0.05) is 0 Å². The molecular formula is C6H14N2O. The molecule has 1 aliphatic rings. The van der Waals surface area contributed by atoms with Crippen LogP contribution in [-0.2, 0) is 4.84 Å². The summed E-state index contributed by atoms with van der Waals surface area (Å²) in [4.78, 5) is 5.22. The average Bonchev–Trinajstić information content (AvgIpc) is 1.83. The zero-order chi connectivity index (χ0) is 6.85. The third-order valence-corrected chi connectivity index (χ3v) is 1.90. The van der Waals surface area contributed by atoms with E-state index in [0.29, 0.717) is 6.04 Å². The van der Waals surface area contributed by atoms with Gasteiger partial charge in [-0.2, -0.15) is 0 Å². The Morgan fingerprint density at radius 2 is 2.11 bits per heavy atom. The van der Waals surface area contributed by atoms with Crippen molar-refractivity contribution in [3.63, 3.8) is 0 Å². The molecule has 0 N–H and O–H groups in total. The summed E-state index contributed by atoms with van der Waals surface area (Å²) in [5.74, 6) is 0. The maximum Gasteiger partial charge on any atom is 0.0716 e. The highest BCUT2D eigenvalue weighted by molar-refractivity contribution is 4.60. The highest BCUT2D eigenvalue weighted by Crippen LogP contribution is 2.10. The molecule has 1 fully saturated rings. The lowest BCUT2D eigenvalue weighted by molar-refractivity contribution is -0.299. The third-order valence-electron chi connectivity index (χ3n) is 1.90. The molecule has 0 aromatic heterocycles. The first-order valence-corrected chi connectivity index (χ1v) is 3.31. The quantitative estimate of drug-likeness (QED) is 0.474. The highest BCUT2D eigenvalue weighted by Gasteiger charge is 2.18. The minimum atomic E-state index is 0.615. The van der Waals surface area contributed by atoms with Crippen molar-refractivity contribution >= 4 is 0 Å². The predicted molar refractivity (Wildman–Crippen MR) is 35.6 cm³/mol. The summed E-state index contributed by atoms with van der Waals surface area (Å²) < 4.78 is 0. The van der Waals surface area contributed by atoms with Crippen LogP contribution in [0.25, 0.3) is 0 Å². The SMILES string of the molecule is CC1CCON(C)N1C. The van der Waals surface area contributed by atoms with Crippen molar-refractivity contribution in [1.29, 1.82) is 0 Å². The molecule has 0 aliphatic carbocycles. The number of hydrogen-bond donors (Lipinski definition) is 0. The Hall–Kier alpha value is -0.120. The molecule has 1 unspecified atom stereocenters. The van der Waals surface area contributed by atoms with Crippen molar-refractivity contribution in [2.45, 2.75) is 19.4 Å². The first kappa shape index (κ1) is 6.99. The van der Waals surface area contributed by atoms with Crippen molar-refractivity contribution < 1.29 is 4.84 Å². The molecule has 1 rings (SSSR count). The van der Waals surface area contributed by atoms with Crippen molar-refractivity contribution in [2.24, 2.45) is 0 Å². The second-order valence-electron chi connectivity index (χ2n) is 2.51. The largest absolute Gasteiger partial charge is 0.284 e. The smallest absolute Gasteiger partial charge is 0.0716 e. The zero-order valence-electron chi connectivity index (χ0n) is 6.29. The molecule has 3 heteroatoms. The lowest BCUT2D eigenvalue weighted by atomic mass is 10.2. The molecule has 0 aromatic carbocycles. The standard InChI is InChI=1S/C6H14N2O/c1-6-4-5-9-8(3)7(6)2/h6H,4-5H2,1-3H3. The Labute approximate surface area is 56.1 Å². The van der Waals surface area contributed by atoms with Crippen LogP contribution in [0.3, 0.4) is 0 Å². The van der Waals surface area contributed by atoms with Gasteiger partial charge < -0.3 is 0 Å². The third kappa shape index (κ3) is 1.41. The van der Waals surface area contributed by atoms with Crippen LogP contribution in [0.1, 0.15) is 13.3 Å². The van der Waals surface area contributed by atoms with Crippen LogP contribution in [0.15, 0.2) is 0 Å². The molecule has 0 amide bonds. The van der Waals surface area contributed by atoms with Crippen LogP contribution in [0.4, 0.5) is 0 Å². The highest BCUT2D eigenvalue weighted by atomic mass is 16.7. The molecule has 1 saturated heterocycles. The van der Waals surface area contributed by atoms with Crippen molar-refractivity contribution in [3.05, 3.63) is 0 Å². The number of rotatable bonds is 0. The van der Waals surface area contributed by atoms with Crippen LogP contribution in [-0.4, -0.2) is 36.9 Å². The van der Waals surface area contributed by atoms with Crippen molar-refractivity contribution in [1.82, 2.24) is 10.2 Å². The van der Waals surface area contributed by atoms with Crippen LogP contribution in [0.5, 0.6) is 0 Å². The summed E-state index contributed by atoms with van der Waals surface area (Å²) in [5.41, 5.74) is 0. The summed E-state index contributed by atoms with van der Waals surface area (Å²) >= 11 is 0. The molecule has 3 nitrogen and oxygen atoms in total.